The van der Waals surface area contributed by atoms with Gasteiger partial charge in [0.15, 0.2) is 6.61 Å². The quantitative estimate of drug-likeness (QED) is 0.225. The molecule has 3 aromatic carbocycles. The highest BCUT2D eigenvalue weighted by molar-refractivity contribution is 5.91. The molecule has 33 heavy (non-hydrogen) atoms. The first-order valence-electron chi connectivity index (χ1n) is 10.8. The highest BCUT2D eigenvalue weighted by atomic mass is 16.5. The standard InChI is InChI=1S/C27H28N2O4/c1-18(2)24-14-7-20(4)15-25(24)32-17-26(30)29-28-16-21-8-12-23(13-9-21)33-27(31)22-10-5-19(3)6-11-22/h5-16,18H,17H2,1-4H3,(H,29,30). The van der Waals surface area contributed by atoms with Crippen molar-refractivity contribution < 1.29 is 19.1 Å². The van der Waals surface area contributed by atoms with Gasteiger partial charge in [0.05, 0.1) is 11.8 Å². The molecule has 1 N–H and O–H groups in total. The summed E-state index contributed by atoms with van der Waals surface area (Å²) in [4.78, 5) is 24.3. The summed E-state index contributed by atoms with van der Waals surface area (Å²) < 4.78 is 11.1. The van der Waals surface area contributed by atoms with Crippen molar-refractivity contribution in [1.82, 2.24) is 5.43 Å². The van der Waals surface area contributed by atoms with Crippen LogP contribution < -0.4 is 14.9 Å². The minimum atomic E-state index is -0.419. The number of rotatable bonds is 8. The van der Waals surface area contributed by atoms with E-state index < -0.39 is 5.97 Å². The Hall–Kier alpha value is -3.93. The average molecular weight is 445 g/mol. The van der Waals surface area contributed by atoms with Crippen LogP contribution in [0.3, 0.4) is 0 Å². The summed E-state index contributed by atoms with van der Waals surface area (Å²) in [6.45, 7) is 7.97. The predicted molar refractivity (Wildman–Crippen MR) is 129 cm³/mol. The molecule has 170 valence electrons. The lowest BCUT2D eigenvalue weighted by atomic mass is 10.0. The molecule has 0 spiro atoms. The van der Waals surface area contributed by atoms with Crippen LogP contribution in [0.1, 0.15) is 52.4 Å². The molecule has 6 heteroatoms. The van der Waals surface area contributed by atoms with Crippen LogP contribution in [0.5, 0.6) is 11.5 Å². The number of benzene rings is 3. The Kier molecular flexibility index (Phi) is 7.97. The van der Waals surface area contributed by atoms with Crippen molar-refractivity contribution in [3.05, 3.63) is 94.5 Å². The van der Waals surface area contributed by atoms with Gasteiger partial charge in [-0.05, 0) is 78.9 Å². The number of ether oxygens (including phenoxy) is 2. The zero-order chi connectivity index (χ0) is 23.8. The summed E-state index contributed by atoms with van der Waals surface area (Å²) in [5, 5.41) is 3.96. The van der Waals surface area contributed by atoms with Gasteiger partial charge in [-0.15, -0.1) is 0 Å². The first kappa shape index (κ1) is 23.7. The maximum absolute atomic E-state index is 12.2. The van der Waals surface area contributed by atoms with Gasteiger partial charge in [-0.25, -0.2) is 10.2 Å². The molecule has 0 fully saturated rings. The van der Waals surface area contributed by atoms with Crippen LogP contribution in [0, 0.1) is 13.8 Å². The third kappa shape index (κ3) is 7.04. The van der Waals surface area contributed by atoms with E-state index in [4.69, 9.17) is 9.47 Å². The number of nitrogens with zero attached hydrogens (tertiary/aromatic N) is 1. The molecule has 0 aliphatic rings. The van der Waals surface area contributed by atoms with E-state index in [1.807, 2.05) is 44.2 Å². The average Bonchev–Trinajstić information content (AvgIpc) is 2.79. The van der Waals surface area contributed by atoms with Gasteiger partial charge in [-0.3, -0.25) is 4.79 Å². The summed E-state index contributed by atoms with van der Waals surface area (Å²) in [5.41, 5.74) is 6.89. The Labute approximate surface area is 194 Å². The number of hydrogen-bond donors (Lipinski definition) is 1. The zero-order valence-corrected chi connectivity index (χ0v) is 19.3. The lowest BCUT2D eigenvalue weighted by Gasteiger charge is -2.14. The number of carbonyl (C=O) groups excluding carboxylic acids is 2. The number of hydrazone groups is 1. The molecule has 0 aromatic heterocycles. The number of aryl methyl sites for hydroxylation is 2. The second-order valence-electron chi connectivity index (χ2n) is 8.10. The first-order chi connectivity index (χ1) is 15.8. The summed E-state index contributed by atoms with van der Waals surface area (Å²) in [6, 6.07) is 20.0. The molecule has 0 bridgehead atoms. The largest absolute Gasteiger partial charge is 0.483 e. The molecule has 0 unspecified atom stereocenters. The van der Waals surface area contributed by atoms with E-state index >= 15 is 0 Å². The van der Waals surface area contributed by atoms with Crippen LogP contribution in [0.4, 0.5) is 0 Å². The summed E-state index contributed by atoms with van der Waals surface area (Å²) in [5.74, 6) is 0.652. The van der Waals surface area contributed by atoms with Crippen LogP contribution in [0.25, 0.3) is 0 Å². The molecular weight excluding hydrogens is 416 g/mol. The van der Waals surface area contributed by atoms with Gasteiger partial charge in [-0.2, -0.15) is 5.10 Å². The van der Waals surface area contributed by atoms with Gasteiger partial charge in [0.25, 0.3) is 5.91 Å². The number of esters is 1. The van der Waals surface area contributed by atoms with E-state index in [0.717, 1.165) is 22.3 Å². The van der Waals surface area contributed by atoms with Crippen LogP contribution >= 0.6 is 0 Å². The second-order valence-corrected chi connectivity index (χ2v) is 8.10. The van der Waals surface area contributed by atoms with E-state index in [9.17, 15) is 9.59 Å². The topological polar surface area (TPSA) is 77.0 Å². The highest BCUT2D eigenvalue weighted by Crippen LogP contribution is 2.27. The third-order valence-corrected chi connectivity index (χ3v) is 4.93. The van der Waals surface area contributed by atoms with Gasteiger partial charge >= 0.3 is 5.97 Å². The minimum absolute atomic E-state index is 0.131. The lowest BCUT2D eigenvalue weighted by molar-refractivity contribution is -0.123. The highest BCUT2D eigenvalue weighted by Gasteiger charge is 2.10. The predicted octanol–water partition coefficient (Wildman–Crippen LogP) is 5.18. The van der Waals surface area contributed by atoms with Crippen molar-refractivity contribution in [3.8, 4) is 11.5 Å². The molecule has 0 atom stereocenters. The fraction of sp³-hybridized carbons (Fsp3) is 0.222. The van der Waals surface area contributed by atoms with Crippen LogP contribution in [0.2, 0.25) is 0 Å². The van der Waals surface area contributed by atoms with Gasteiger partial charge < -0.3 is 9.47 Å². The van der Waals surface area contributed by atoms with E-state index in [1.165, 1.54) is 6.21 Å². The van der Waals surface area contributed by atoms with Crippen LogP contribution in [-0.4, -0.2) is 24.7 Å². The molecule has 3 rings (SSSR count). The monoisotopic (exact) mass is 444 g/mol. The Morgan fingerprint density at radius 2 is 1.61 bits per heavy atom. The zero-order valence-electron chi connectivity index (χ0n) is 19.3. The first-order valence-corrected chi connectivity index (χ1v) is 10.8. The summed E-state index contributed by atoms with van der Waals surface area (Å²) in [7, 11) is 0. The smallest absolute Gasteiger partial charge is 0.343 e. The molecule has 0 aliphatic heterocycles. The molecule has 1 amide bonds. The number of nitrogens with one attached hydrogen (secondary N) is 1. The molecule has 0 aliphatic carbocycles. The van der Waals surface area contributed by atoms with Crippen molar-refractivity contribution in [2.24, 2.45) is 5.10 Å². The van der Waals surface area contributed by atoms with Crippen molar-refractivity contribution in [2.45, 2.75) is 33.6 Å². The van der Waals surface area contributed by atoms with E-state index in [-0.39, 0.29) is 12.5 Å². The Morgan fingerprint density at radius 1 is 0.939 bits per heavy atom. The third-order valence-electron chi connectivity index (χ3n) is 4.93. The van der Waals surface area contributed by atoms with E-state index in [2.05, 4.69) is 24.4 Å². The van der Waals surface area contributed by atoms with Gasteiger partial charge in [0, 0.05) is 0 Å². The normalized spacial score (nSPS) is 10.9. The van der Waals surface area contributed by atoms with Gasteiger partial charge in [-0.1, -0.05) is 43.7 Å². The maximum Gasteiger partial charge on any atom is 0.343 e. The van der Waals surface area contributed by atoms with Crippen molar-refractivity contribution in [2.75, 3.05) is 6.61 Å². The summed E-state index contributed by atoms with van der Waals surface area (Å²) >= 11 is 0. The molecule has 0 saturated carbocycles. The number of amides is 1. The van der Waals surface area contributed by atoms with Crippen molar-refractivity contribution in [1.29, 1.82) is 0 Å². The molecular formula is C27H28N2O4. The number of carbonyl (C=O) groups is 2. The molecule has 0 heterocycles. The SMILES string of the molecule is Cc1ccc(C(=O)Oc2ccc(C=NNC(=O)COc3cc(C)ccc3C(C)C)cc2)cc1. The van der Waals surface area contributed by atoms with E-state index in [1.54, 1.807) is 36.4 Å². The molecule has 0 saturated heterocycles. The van der Waals surface area contributed by atoms with Crippen molar-refractivity contribution >= 4 is 18.1 Å². The molecule has 0 radical (unpaired) electrons. The molecule has 3 aromatic rings. The fourth-order valence-electron chi connectivity index (χ4n) is 3.08. The number of hydrogen-bond acceptors (Lipinski definition) is 5. The van der Waals surface area contributed by atoms with Crippen LogP contribution in [-0.2, 0) is 4.79 Å². The van der Waals surface area contributed by atoms with E-state index in [0.29, 0.717) is 23.0 Å². The Balaban J connectivity index is 1.49. The Bertz CT molecular complexity index is 1130. The summed E-state index contributed by atoms with van der Waals surface area (Å²) in [6.07, 6.45) is 1.51. The molecule has 6 nitrogen and oxygen atoms in total. The van der Waals surface area contributed by atoms with Crippen LogP contribution in [0.15, 0.2) is 71.8 Å². The Morgan fingerprint density at radius 3 is 2.27 bits per heavy atom. The lowest BCUT2D eigenvalue weighted by Crippen LogP contribution is -2.25. The van der Waals surface area contributed by atoms with Crippen molar-refractivity contribution in [3.63, 3.8) is 0 Å². The second kappa shape index (κ2) is 11.1. The van der Waals surface area contributed by atoms with Gasteiger partial charge in [0.2, 0.25) is 0 Å². The van der Waals surface area contributed by atoms with Gasteiger partial charge in [0.1, 0.15) is 11.5 Å². The fourth-order valence-corrected chi connectivity index (χ4v) is 3.08. The minimum Gasteiger partial charge on any atom is -0.483 e. The maximum atomic E-state index is 12.2.